The third-order valence-electron chi connectivity index (χ3n) is 6.36. The molecule has 2 aromatic heterocycles. The zero-order chi connectivity index (χ0) is 22.2. The maximum absolute atomic E-state index is 12.3. The molecule has 3 N–H and O–H groups in total. The zero-order valence-electron chi connectivity index (χ0n) is 18.1. The lowest BCUT2D eigenvalue weighted by Crippen LogP contribution is -2.41. The van der Waals surface area contributed by atoms with Crippen LogP contribution < -0.4 is 15.5 Å². The Hall–Kier alpha value is -3.05. The number of likely N-dealkylation sites (tertiary alicyclic amines) is 1. The zero-order valence-corrected chi connectivity index (χ0v) is 18.1. The average molecular weight is 441 g/mol. The summed E-state index contributed by atoms with van der Waals surface area (Å²) in [7, 11) is 0. The minimum absolute atomic E-state index is 0.155. The molecule has 0 aliphatic carbocycles. The fourth-order valence-corrected chi connectivity index (χ4v) is 4.69. The van der Waals surface area contributed by atoms with Gasteiger partial charge in [0.1, 0.15) is 11.9 Å². The number of nitrogen functional groups attached to an aromatic ring is 1. The van der Waals surface area contributed by atoms with Gasteiger partial charge in [-0.05, 0) is 19.8 Å². The summed E-state index contributed by atoms with van der Waals surface area (Å²) in [5, 5.41) is 9.69. The van der Waals surface area contributed by atoms with Gasteiger partial charge in [-0.3, -0.25) is 4.79 Å². The quantitative estimate of drug-likeness (QED) is 0.652. The maximum Gasteiger partial charge on any atom is 0.251 e. The van der Waals surface area contributed by atoms with E-state index in [0.29, 0.717) is 32.3 Å². The number of hydrogen-bond acceptors (Lipinski definition) is 10. The highest BCUT2D eigenvalue weighted by Gasteiger charge is 2.37. The van der Waals surface area contributed by atoms with Crippen LogP contribution in [0.1, 0.15) is 18.9 Å². The lowest BCUT2D eigenvalue weighted by molar-refractivity contribution is -0.138. The predicted octanol–water partition coefficient (Wildman–Crippen LogP) is -0.303. The highest BCUT2D eigenvalue weighted by Crippen LogP contribution is 2.37. The van der Waals surface area contributed by atoms with Crippen LogP contribution in [0, 0.1) is 0 Å². The summed E-state index contributed by atoms with van der Waals surface area (Å²) in [4.78, 5) is 36.6. The first-order valence-corrected chi connectivity index (χ1v) is 11.1. The SMILES string of the molecule is CC(O)C(=O)N1CCC(N2CCc3c(-c4cnc(N)nc4)nc(N4CCOCC4)nc32)C1. The molecule has 2 aromatic rings. The van der Waals surface area contributed by atoms with Crippen LogP contribution in [0.5, 0.6) is 0 Å². The van der Waals surface area contributed by atoms with Crippen molar-refractivity contribution in [2.75, 3.05) is 61.5 Å². The van der Waals surface area contributed by atoms with E-state index in [9.17, 15) is 9.90 Å². The van der Waals surface area contributed by atoms with Crippen molar-refractivity contribution in [3.8, 4) is 11.3 Å². The fraction of sp³-hybridized carbons (Fsp3) is 0.571. The summed E-state index contributed by atoms with van der Waals surface area (Å²) in [6, 6.07) is 0.155. The number of amides is 1. The summed E-state index contributed by atoms with van der Waals surface area (Å²) in [6.07, 6.45) is 4.07. The van der Waals surface area contributed by atoms with Crippen molar-refractivity contribution < 1.29 is 14.6 Å². The highest BCUT2D eigenvalue weighted by molar-refractivity contribution is 5.80. The van der Waals surface area contributed by atoms with Gasteiger partial charge >= 0.3 is 0 Å². The molecule has 0 spiro atoms. The van der Waals surface area contributed by atoms with Gasteiger partial charge in [0, 0.05) is 62.3 Å². The maximum atomic E-state index is 12.3. The molecule has 11 heteroatoms. The van der Waals surface area contributed by atoms with E-state index in [4.69, 9.17) is 20.4 Å². The van der Waals surface area contributed by atoms with Crippen LogP contribution in [-0.4, -0.2) is 93.9 Å². The Morgan fingerprint density at radius 1 is 1.19 bits per heavy atom. The van der Waals surface area contributed by atoms with Crippen molar-refractivity contribution >= 4 is 23.6 Å². The smallest absolute Gasteiger partial charge is 0.251 e. The van der Waals surface area contributed by atoms with Crippen LogP contribution in [0.4, 0.5) is 17.7 Å². The molecule has 5 heterocycles. The second kappa shape index (κ2) is 8.47. The molecule has 1 amide bonds. The van der Waals surface area contributed by atoms with Gasteiger partial charge in [0.05, 0.1) is 18.9 Å². The number of carbonyl (C=O) groups is 1. The van der Waals surface area contributed by atoms with E-state index in [-0.39, 0.29) is 17.9 Å². The molecule has 0 radical (unpaired) electrons. The van der Waals surface area contributed by atoms with Crippen LogP contribution in [-0.2, 0) is 16.0 Å². The van der Waals surface area contributed by atoms with Crippen LogP contribution in [0.15, 0.2) is 12.4 Å². The van der Waals surface area contributed by atoms with Crippen molar-refractivity contribution in [1.82, 2.24) is 24.8 Å². The van der Waals surface area contributed by atoms with Crippen LogP contribution in [0.25, 0.3) is 11.3 Å². The first-order chi connectivity index (χ1) is 15.5. The Bertz CT molecular complexity index is 993. The van der Waals surface area contributed by atoms with Crippen molar-refractivity contribution in [2.45, 2.75) is 31.9 Å². The first kappa shape index (κ1) is 20.8. The lowest BCUT2D eigenvalue weighted by Gasteiger charge is -2.30. The number of nitrogens with two attached hydrogens (primary N) is 1. The van der Waals surface area contributed by atoms with E-state index in [1.54, 1.807) is 17.3 Å². The molecule has 3 aliphatic rings. The standard InChI is InChI=1S/C21H28N8O3/c1-13(30)19(31)28-4-2-15(12-28)29-5-3-16-17(14-10-23-20(22)24-11-14)25-21(26-18(16)29)27-6-8-32-9-7-27/h10-11,13,15,30H,2-9,12H2,1H3,(H2,22,23,24). The van der Waals surface area contributed by atoms with E-state index >= 15 is 0 Å². The monoisotopic (exact) mass is 440 g/mol. The molecular formula is C21H28N8O3. The molecule has 2 fully saturated rings. The third-order valence-corrected chi connectivity index (χ3v) is 6.36. The molecular weight excluding hydrogens is 412 g/mol. The van der Waals surface area contributed by atoms with Gasteiger partial charge in [-0.2, -0.15) is 4.98 Å². The molecule has 0 bridgehead atoms. The van der Waals surface area contributed by atoms with E-state index in [1.165, 1.54) is 6.92 Å². The van der Waals surface area contributed by atoms with Gasteiger partial charge in [-0.25, -0.2) is 15.0 Å². The summed E-state index contributed by atoms with van der Waals surface area (Å²) in [5.74, 6) is 1.58. The Balaban J connectivity index is 1.50. The van der Waals surface area contributed by atoms with Gasteiger partial charge in [-0.15, -0.1) is 0 Å². The number of aromatic nitrogens is 4. The van der Waals surface area contributed by atoms with Crippen molar-refractivity contribution in [1.29, 1.82) is 0 Å². The van der Waals surface area contributed by atoms with Gasteiger partial charge < -0.3 is 30.3 Å². The largest absolute Gasteiger partial charge is 0.384 e. The van der Waals surface area contributed by atoms with Gasteiger partial charge in [-0.1, -0.05) is 0 Å². The van der Waals surface area contributed by atoms with Crippen molar-refractivity contribution in [3.63, 3.8) is 0 Å². The predicted molar refractivity (Wildman–Crippen MR) is 118 cm³/mol. The van der Waals surface area contributed by atoms with Crippen molar-refractivity contribution in [2.24, 2.45) is 0 Å². The van der Waals surface area contributed by atoms with Gasteiger partial charge in [0.25, 0.3) is 5.91 Å². The second-order valence-electron chi connectivity index (χ2n) is 8.45. The molecule has 5 rings (SSSR count). The number of morpholine rings is 1. The second-order valence-corrected chi connectivity index (χ2v) is 8.45. The minimum atomic E-state index is -0.980. The molecule has 32 heavy (non-hydrogen) atoms. The Kier molecular flexibility index (Phi) is 5.51. The van der Waals surface area contributed by atoms with E-state index < -0.39 is 6.10 Å². The number of nitrogens with zero attached hydrogens (tertiary/aromatic N) is 7. The topological polar surface area (TPSA) is 134 Å². The fourth-order valence-electron chi connectivity index (χ4n) is 4.69. The average Bonchev–Trinajstić information content (AvgIpc) is 3.46. The molecule has 2 unspecified atom stereocenters. The molecule has 3 aliphatic heterocycles. The molecule has 0 aromatic carbocycles. The Morgan fingerprint density at radius 2 is 1.94 bits per heavy atom. The van der Waals surface area contributed by atoms with Crippen molar-refractivity contribution in [3.05, 3.63) is 18.0 Å². The number of aliphatic hydroxyl groups is 1. The molecule has 0 saturated carbocycles. The number of fused-ring (bicyclic) bond motifs is 1. The molecule has 2 atom stereocenters. The molecule has 11 nitrogen and oxygen atoms in total. The number of hydrogen-bond donors (Lipinski definition) is 2. The number of rotatable bonds is 4. The minimum Gasteiger partial charge on any atom is -0.384 e. The lowest BCUT2D eigenvalue weighted by atomic mass is 10.1. The number of carbonyl (C=O) groups excluding carboxylic acids is 1. The normalized spacial score (nSPS) is 21.7. The summed E-state index contributed by atoms with van der Waals surface area (Å²) in [5.41, 5.74) is 8.40. The highest BCUT2D eigenvalue weighted by atomic mass is 16.5. The Labute approximate surface area is 186 Å². The number of anilines is 3. The molecule has 2 saturated heterocycles. The number of ether oxygens (including phenoxy) is 1. The van der Waals surface area contributed by atoms with Crippen LogP contribution >= 0.6 is 0 Å². The van der Waals surface area contributed by atoms with Crippen LogP contribution in [0.2, 0.25) is 0 Å². The van der Waals surface area contributed by atoms with E-state index in [1.807, 2.05) is 0 Å². The first-order valence-electron chi connectivity index (χ1n) is 11.1. The Morgan fingerprint density at radius 3 is 2.66 bits per heavy atom. The van der Waals surface area contributed by atoms with Gasteiger partial charge in [0.15, 0.2) is 0 Å². The third kappa shape index (κ3) is 3.82. The summed E-state index contributed by atoms with van der Waals surface area (Å²) >= 11 is 0. The molecule has 170 valence electrons. The summed E-state index contributed by atoms with van der Waals surface area (Å²) in [6.45, 7) is 6.30. The summed E-state index contributed by atoms with van der Waals surface area (Å²) < 4.78 is 5.50. The van der Waals surface area contributed by atoms with E-state index in [0.717, 1.165) is 55.1 Å². The van der Waals surface area contributed by atoms with E-state index in [2.05, 4.69) is 19.8 Å². The number of aliphatic hydroxyl groups excluding tert-OH is 1. The van der Waals surface area contributed by atoms with Gasteiger partial charge in [0.2, 0.25) is 11.9 Å². The van der Waals surface area contributed by atoms with Crippen LogP contribution in [0.3, 0.4) is 0 Å².